The second-order valence-corrected chi connectivity index (χ2v) is 4.95. The van der Waals surface area contributed by atoms with Gasteiger partial charge in [0.25, 0.3) is 0 Å². The van der Waals surface area contributed by atoms with Gasteiger partial charge in [0.05, 0.1) is 16.4 Å². The third-order valence-electron chi connectivity index (χ3n) is 2.30. The van der Waals surface area contributed by atoms with E-state index in [1.54, 1.807) is 12.3 Å². The molecule has 0 aliphatic rings. The summed E-state index contributed by atoms with van der Waals surface area (Å²) in [5.41, 5.74) is 8.17. The predicted molar refractivity (Wildman–Crippen MR) is 75.8 cm³/mol. The molecule has 0 aliphatic heterocycles. The summed E-state index contributed by atoms with van der Waals surface area (Å²) in [6, 6.07) is 7.56. The fourth-order valence-electron chi connectivity index (χ4n) is 1.35. The molecule has 0 saturated carbocycles. The van der Waals surface area contributed by atoms with Gasteiger partial charge in [-0.1, -0.05) is 17.7 Å². The molecule has 0 unspecified atom stereocenters. The normalized spacial score (nSPS) is 10.3. The minimum Gasteiger partial charge on any atom is -0.397 e. The lowest BCUT2D eigenvalue weighted by Gasteiger charge is -2.09. The maximum absolute atomic E-state index is 6.05. The zero-order chi connectivity index (χ0) is 12.4. The summed E-state index contributed by atoms with van der Waals surface area (Å²) in [6.07, 6.45) is 1.60. The molecule has 0 spiro atoms. The van der Waals surface area contributed by atoms with Gasteiger partial charge in [0, 0.05) is 10.7 Å². The number of anilines is 3. The number of hydrogen-bond acceptors (Lipinski definition) is 3. The lowest BCUT2D eigenvalue weighted by molar-refractivity contribution is 1.29. The monoisotopic (exact) mass is 311 g/mol. The number of nitrogens with two attached hydrogens (primary N) is 1. The second-order valence-electron chi connectivity index (χ2n) is 3.69. The number of aromatic nitrogens is 1. The van der Waals surface area contributed by atoms with Gasteiger partial charge in [-0.15, -0.1) is 0 Å². The van der Waals surface area contributed by atoms with Gasteiger partial charge in [0.15, 0.2) is 0 Å². The molecule has 5 heteroatoms. The molecule has 17 heavy (non-hydrogen) atoms. The average Bonchev–Trinajstić information content (AvgIpc) is 2.27. The van der Waals surface area contributed by atoms with Crippen LogP contribution in [0.3, 0.4) is 0 Å². The molecule has 3 N–H and O–H groups in total. The van der Waals surface area contributed by atoms with Crippen molar-refractivity contribution in [1.82, 2.24) is 4.98 Å². The standard InChI is InChI=1S/C12H11BrClN3/c1-7-2-3-9(5-11(7)14)17-12-10(13)4-8(15)6-16-12/h2-6H,15H2,1H3,(H,16,17). The van der Waals surface area contributed by atoms with Crippen LogP contribution in [0.4, 0.5) is 17.2 Å². The first-order chi connectivity index (χ1) is 8.06. The Balaban J connectivity index is 2.28. The van der Waals surface area contributed by atoms with Crippen LogP contribution >= 0.6 is 27.5 Å². The van der Waals surface area contributed by atoms with Crippen LogP contribution in [0.25, 0.3) is 0 Å². The van der Waals surface area contributed by atoms with Crippen LogP contribution in [0.2, 0.25) is 5.02 Å². The summed E-state index contributed by atoms with van der Waals surface area (Å²) >= 11 is 9.45. The average molecular weight is 313 g/mol. The number of nitrogens with one attached hydrogen (secondary N) is 1. The van der Waals surface area contributed by atoms with E-state index in [2.05, 4.69) is 26.2 Å². The maximum atomic E-state index is 6.05. The van der Waals surface area contributed by atoms with E-state index < -0.39 is 0 Å². The number of hydrogen-bond donors (Lipinski definition) is 2. The molecule has 1 aromatic heterocycles. The molecular formula is C12H11BrClN3. The molecule has 1 aromatic carbocycles. The number of rotatable bonds is 2. The van der Waals surface area contributed by atoms with Gasteiger partial charge in [-0.25, -0.2) is 4.98 Å². The topological polar surface area (TPSA) is 50.9 Å². The Bertz CT molecular complexity index is 557. The van der Waals surface area contributed by atoms with Crippen molar-refractivity contribution in [3.8, 4) is 0 Å². The Hall–Kier alpha value is -1.26. The predicted octanol–water partition coefficient (Wildman–Crippen LogP) is 4.13. The number of halogens is 2. The van der Waals surface area contributed by atoms with Crippen LogP contribution < -0.4 is 11.1 Å². The van der Waals surface area contributed by atoms with Crippen molar-refractivity contribution in [3.63, 3.8) is 0 Å². The van der Waals surface area contributed by atoms with Crippen LogP contribution in [0.5, 0.6) is 0 Å². The molecule has 0 bridgehead atoms. The lowest BCUT2D eigenvalue weighted by Crippen LogP contribution is -1.96. The summed E-state index contributed by atoms with van der Waals surface area (Å²) in [5.74, 6) is 0.708. The highest BCUT2D eigenvalue weighted by atomic mass is 79.9. The lowest BCUT2D eigenvalue weighted by atomic mass is 10.2. The van der Waals surface area contributed by atoms with Gasteiger partial charge < -0.3 is 11.1 Å². The van der Waals surface area contributed by atoms with E-state index >= 15 is 0 Å². The highest BCUT2D eigenvalue weighted by molar-refractivity contribution is 9.10. The number of nitrogen functional groups attached to an aromatic ring is 1. The van der Waals surface area contributed by atoms with Gasteiger partial charge in [-0.05, 0) is 46.6 Å². The number of pyridine rings is 1. The molecule has 88 valence electrons. The van der Waals surface area contributed by atoms with Crippen LogP contribution in [0, 0.1) is 6.92 Å². The van der Waals surface area contributed by atoms with E-state index in [4.69, 9.17) is 17.3 Å². The van der Waals surface area contributed by atoms with E-state index in [9.17, 15) is 0 Å². The Morgan fingerprint density at radius 3 is 2.76 bits per heavy atom. The van der Waals surface area contributed by atoms with E-state index in [-0.39, 0.29) is 0 Å². The smallest absolute Gasteiger partial charge is 0.144 e. The highest BCUT2D eigenvalue weighted by Crippen LogP contribution is 2.27. The van der Waals surface area contributed by atoms with Gasteiger partial charge in [-0.3, -0.25) is 0 Å². The van der Waals surface area contributed by atoms with Crippen molar-refractivity contribution in [2.24, 2.45) is 0 Å². The van der Waals surface area contributed by atoms with Crippen LogP contribution in [-0.4, -0.2) is 4.98 Å². The van der Waals surface area contributed by atoms with Crippen molar-refractivity contribution in [2.75, 3.05) is 11.1 Å². The molecule has 0 atom stereocenters. The first-order valence-corrected chi connectivity index (χ1v) is 6.17. The first kappa shape index (κ1) is 12.2. The molecule has 0 fully saturated rings. The van der Waals surface area contributed by atoms with Crippen molar-refractivity contribution in [3.05, 3.63) is 45.5 Å². The molecule has 0 amide bonds. The van der Waals surface area contributed by atoms with Crippen LogP contribution in [0.1, 0.15) is 5.56 Å². The van der Waals surface area contributed by atoms with Gasteiger partial charge in [-0.2, -0.15) is 0 Å². The highest BCUT2D eigenvalue weighted by Gasteiger charge is 2.03. The third kappa shape index (κ3) is 2.90. The first-order valence-electron chi connectivity index (χ1n) is 5.00. The second kappa shape index (κ2) is 4.94. The van der Waals surface area contributed by atoms with E-state index in [0.29, 0.717) is 11.5 Å². The Labute approximate surface area is 113 Å². The van der Waals surface area contributed by atoms with E-state index in [0.717, 1.165) is 20.7 Å². The van der Waals surface area contributed by atoms with Gasteiger partial charge >= 0.3 is 0 Å². The molecule has 0 radical (unpaired) electrons. The largest absolute Gasteiger partial charge is 0.397 e. The van der Waals surface area contributed by atoms with Crippen molar-refractivity contribution >= 4 is 44.7 Å². The number of aryl methyl sites for hydroxylation is 1. The minimum atomic E-state index is 0.615. The van der Waals surface area contributed by atoms with Crippen LogP contribution in [-0.2, 0) is 0 Å². The molecule has 1 heterocycles. The van der Waals surface area contributed by atoms with Crippen LogP contribution in [0.15, 0.2) is 34.9 Å². The Morgan fingerprint density at radius 2 is 2.12 bits per heavy atom. The number of nitrogens with zero attached hydrogens (tertiary/aromatic N) is 1. The Morgan fingerprint density at radius 1 is 1.35 bits per heavy atom. The summed E-state index contributed by atoms with van der Waals surface area (Å²) in [6.45, 7) is 1.96. The van der Waals surface area contributed by atoms with Crippen molar-refractivity contribution in [2.45, 2.75) is 6.92 Å². The van der Waals surface area contributed by atoms with Crippen molar-refractivity contribution in [1.29, 1.82) is 0 Å². The fraction of sp³-hybridized carbons (Fsp3) is 0.0833. The quantitative estimate of drug-likeness (QED) is 0.876. The zero-order valence-electron chi connectivity index (χ0n) is 9.17. The van der Waals surface area contributed by atoms with Crippen molar-refractivity contribution < 1.29 is 0 Å². The number of benzene rings is 1. The third-order valence-corrected chi connectivity index (χ3v) is 3.31. The maximum Gasteiger partial charge on any atom is 0.144 e. The van der Waals surface area contributed by atoms with E-state index in [1.807, 2.05) is 25.1 Å². The molecule has 2 aromatic rings. The summed E-state index contributed by atoms with van der Waals surface area (Å²) in [7, 11) is 0. The fourth-order valence-corrected chi connectivity index (χ4v) is 2.00. The zero-order valence-corrected chi connectivity index (χ0v) is 11.5. The van der Waals surface area contributed by atoms with E-state index in [1.165, 1.54) is 0 Å². The molecule has 3 nitrogen and oxygen atoms in total. The summed E-state index contributed by atoms with van der Waals surface area (Å²) in [4.78, 5) is 4.20. The molecule has 2 rings (SSSR count). The van der Waals surface area contributed by atoms with Gasteiger partial charge in [0.2, 0.25) is 0 Å². The molecule has 0 saturated heterocycles. The summed E-state index contributed by atoms with van der Waals surface area (Å²) < 4.78 is 0.814. The molecular weight excluding hydrogens is 302 g/mol. The van der Waals surface area contributed by atoms with Gasteiger partial charge in [0.1, 0.15) is 5.82 Å². The minimum absolute atomic E-state index is 0.615. The molecule has 0 aliphatic carbocycles. The summed E-state index contributed by atoms with van der Waals surface area (Å²) in [5, 5.41) is 3.89. The SMILES string of the molecule is Cc1ccc(Nc2ncc(N)cc2Br)cc1Cl. The Kier molecular flexibility index (Phi) is 3.54.